The van der Waals surface area contributed by atoms with Gasteiger partial charge >= 0.3 is 179 Å². The van der Waals surface area contributed by atoms with Crippen LogP contribution >= 0.6 is 0 Å². The molecule has 0 heterocycles. The normalized spacial score (nSPS) is 3.53. The minimum atomic E-state index is -2.19. The SMILES string of the molecule is [O]=[GeH][O-].[O]=[GeH][O-].[O]=[GeH][O-].[O]=[GeH][O-].[O]=[GeH][O-].[TeH4+2].[Tm+3]. The Morgan fingerprint density at radius 3 is 0.471 bits per heavy atom. The van der Waals surface area contributed by atoms with Gasteiger partial charge in [-0.2, -0.15) is 0 Å². The van der Waals surface area contributed by atoms with Crippen LogP contribution in [0, 0.1) is 36.9 Å². The molecule has 0 aromatic heterocycles. The molecule has 17 heavy (non-hydrogen) atoms. The van der Waals surface area contributed by atoms with Crippen LogP contribution in [0.4, 0.5) is 0 Å². The molecule has 0 atom stereocenters. The molecule has 0 bridgehead atoms. The molecule has 0 aliphatic carbocycles. The van der Waals surface area contributed by atoms with E-state index in [1.807, 2.05) is 0 Å². The summed E-state index contributed by atoms with van der Waals surface area (Å²) in [5, 5.41) is 0. The van der Waals surface area contributed by atoms with Crippen LogP contribution in [-0.2, 0) is 18.9 Å². The maximum atomic E-state index is 8.53. The zero-order valence-corrected chi connectivity index (χ0v) is 25.9. The zero-order valence-electron chi connectivity index (χ0n) is 7.95. The Balaban J connectivity index is -0.0000000143. The van der Waals surface area contributed by atoms with Gasteiger partial charge in [-0.15, -0.1) is 0 Å². The Bertz CT molecular complexity index is 97.0. The Labute approximate surface area is 175 Å². The number of rotatable bonds is 0. The Kier molecular flexibility index (Phi) is 247. The molecule has 0 amide bonds. The summed E-state index contributed by atoms with van der Waals surface area (Å²) in [4.78, 5) is 0. The molecule has 17 heteroatoms. The van der Waals surface area contributed by atoms with Crippen LogP contribution in [0.2, 0.25) is 0 Å². The average Bonchev–Trinajstić information content (AvgIpc) is 2.09. The fraction of sp³-hybridized carbons (Fsp3) is 0. The molecule has 0 rings (SSSR count). The van der Waals surface area contributed by atoms with E-state index in [-0.39, 0.29) is 60.5 Å². The van der Waals surface area contributed by atoms with Crippen molar-refractivity contribution in [3.05, 3.63) is 0 Å². The third kappa shape index (κ3) is 700. The first-order valence-electron chi connectivity index (χ1n) is 2.36. The van der Waals surface area contributed by atoms with Gasteiger partial charge < -0.3 is 0 Å². The van der Waals surface area contributed by atoms with Gasteiger partial charge in [-0.3, -0.25) is 0 Å². The standard InChI is InChI=1S/5GeHO2.H4Te.Tm/c5*2-1-3;;/h5*1H;1H4;/q5*-1;+2;+3. The molecule has 0 saturated heterocycles. The number of hydrogen-bond donors (Lipinski definition) is 0. The van der Waals surface area contributed by atoms with Crippen molar-refractivity contribution < 1.29 is 76.4 Å². The average molecular weight is 829 g/mol. The molecule has 10 nitrogen and oxygen atoms in total. The van der Waals surface area contributed by atoms with E-state index in [0.717, 1.165) is 0 Å². The quantitative estimate of drug-likeness (QED) is 0.211. The summed E-state index contributed by atoms with van der Waals surface area (Å²) in [7, 11) is 0. The van der Waals surface area contributed by atoms with Gasteiger partial charge in [-0.25, -0.2) is 0 Å². The zero-order chi connectivity index (χ0) is 13.5. The second kappa shape index (κ2) is 98.5. The fourth-order valence-corrected chi connectivity index (χ4v) is 0. The predicted molar refractivity (Wildman–Crippen MR) is 50.5 cm³/mol. The van der Waals surface area contributed by atoms with Crippen LogP contribution in [0.15, 0.2) is 0 Å². The molecule has 108 valence electrons. The van der Waals surface area contributed by atoms with E-state index in [0.29, 0.717) is 0 Å². The van der Waals surface area contributed by atoms with Gasteiger partial charge in [0, 0.05) is 0 Å². The summed E-state index contributed by atoms with van der Waals surface area (Å²) >= 11 is -10.9. The molecule has 0 aliphatic heterocycles. The van der Waals surface area contributed by atoms with E-state index in [1.165, 1.54) is 0 Å². The molecular formula is H9Ge5O10TeTm. The molecule has 0 radical (unpaired) electrons. The van der Waals surface area contributed by atoms with Crippen molar-refractivity contribution in [3.8, 4) is 0 Å². The first-order chi connectivity index (χ1) is 7.07. The predicted octanol–water partition coefficient (Wildman–Crippen LogP) is -11.2. The Morgan fingerprint density at radius 2 is 0.471 bits per heavy atom. The van der Waals surface area contributed by atoms with Gasteiger partial charge in [0.1, 0.15) is 0 Å². The summed E-state index contributed by atoms with van der Waals surface area (Å²) in [6.45, 7) is 0. The first-order valence-corrected chi connectivity index (χ1v) is 12.2. The van der Waals surface area contributed by atoms with Crippen LogP contribution in [0.1, 0.15) is 0 Å². The van der Waals surface area contributed by atoms with Crippen molar-refractivity contribution in [2.45, 2.75) is 0 Å². The summed E-state index contributed by atoms with van der Waals surface area (Å²) in [5.74, 6) is 0. The largest absolute Gasteiger partial charge is 3.00 e. The van der Waals surface area contributed by atoms with Crippen molar-refractivity contribution >= 4 is 102 Å². The van der Waals surface area contributed by atoms with Gasteiger partial charge in [0.05, 0.1) is 0 Å². The molecule has 0 aromatic carbocycles. The molecule has 0 saturated carbocycles. The van der Waals surface area contributed by atoms with Crippen molar-refractivity contribution in [1.82, 2.24) is 0 Å². The molecule has 0 N–H and O–H groups in total. The molecule has 0 aromatic rings. The minimum absolute atomic E-state index is 0. The topological polar surface area (TPSA) is 201 Å². The van der Waals surface area contributed by atoms with Crippen LogP contribution < -0.4 is 20.7 Å². The molecule has 0 fully saturated rings. The van der Waals surface area contributed by atoms with E-state index in [4.69, 9.17) is 39.6 Å². The molecule has 0 unspecified atom stereocenters. The van der Waals surface area contributed by atoms with Gasteiger partial charge in [-0.1, -0.05) is 0 Å². The van der Waals surface area contributed by atoms with E-state index in [9.17, 15) is 0 Å². The van der Waals surface area contributed by atoms with Gasteiger partial charge in [0.15, 0.2) is 0 Å². The third-order valence-corrected chi connectivity index (χ3v) is 0. The van der Waals surface area contributed by atoms with Crippen molar-refractivity contribution in [2.75, 3.05) is 0 Å². The monoisotopic (exact) mass is 837 g/mol. The molecular weight excluding hydrogens is 820 g/mol. The second-order valence-corrected chi connectivity index (χ2v) is 2.50. The van der Waals surface area contributed by atoms with Crippen molar-refractivity contribution in [1.29, 1.82) is 0 Å². The van der Waals surface area contributed by atoms with E-state index in [2.05, 4.69) is 0 Å². The third-order valence-electron chi connectivity index (χ3n) is 0. The second-order valence-electron chi connectivity index (χ2n) is 0.481. The maximum Gasteiger partial charge on any atom is 3.00 e. The van der Waals surface area contributed by atoms with E-state index in [1.54, 1.807) is 0 Å². The molecule has 0 spiro atoms. The minimum Gasteiger partial charge on any atom is 3.00 e. The van der Waals surface area contributed by atoms with E-state index < -0.39 is 78.5 Å². The van der Waals surface area contributed by atoms with E-state index >= 15 is 0 Å². The number of hydrogen-bond acceptors (Lipinski definition) is 10. The first kappa shape index (κ1) is 42.7. The van der Waals surface area contributed by atoms with Crippen LogP contribution in [0.3, 0.4) is 0 Å². The Morgan fingerprint density at radius 1 is 0.471 bits per heavy atom. The van der Waals surface area contributed by atoms with Crippen LogP contribution in [0.5, 0.6) is 0 Å². The van der Waals surface area contributed by atoms with Gasteiger partial charge in [0.25, 0.3) is 0 Å². The van der Waals surface area contributed by atoms with Gasteiger partial charge in [-0.05, 0) is 0 Å². The Hall–Kier alpha value is 2.74. The molecule has 0 aliphatic rings. The summed E-state index contributed by atoms with van der Waals surface area (Å²) < 4.78 is 85.3. The van der Waals surface area contributed by atoms with Crippen molar-refractivity contribution in [2.24, 2.45) is 0 Å². The van der Waals surface area contributed by atoms with Crippen LogP contribution in [0.25, 0.3) is 0 Å². The summed E-state index contributed by atoms with van der Waals surface area (Å²) in [6, 6.07) is 0. The summed E-state index contributed by atoms with van der Waals surface area (Å²) in [6.07, 6.45) is 0. The smallest absolute Gasteiger partial charge is 3.00 e. The summed E-state index contributed by atoms with van der Waals surface area (Å²) in [5.41, 5.74) is 0. The van der Waals surface area contributed by atoms with Crippen LogP contribution in [-0.4, -0.2) is 102 Å². The van der Waals surface area contributed by atoms with Gasteiger partial charge in [0.2, 0.25) is 0 Å². The van der Waals surface area contributed by atoms with Crippen molar-refractivity contribution in [3.63, 3.8) is 0 Å². The fourth-order valence-electron chi connectivity index (χ4n) is 0. The maximum absolute atomic E-state index is 8.53.